The minimum Gasteiger partial charge on any atom is -0.492 e. The molecule has 0 aliphatic carbocycles. The number of alkyl halides is 3. The Labute approximate surface area is 169 Å². The highest BCUT2D eigenvalue weighted by atomic mass is 19.4. The summed E-state index contributed by atoms with van der Waals surface area (Å²) in [6, 6.07) is 7.90. The first-order valence-electron chi connectivity index (χ1n) is 9.74. The Hall–Kier alpha value is -1.84. The van der Waals surface area contributed by atoms with E-state index in [4.69, 9.17) is 9.47 Å². The molecule has 1 aliphatic heterocycles. The van der Waals surface area contributed by atoms with E-state index in [9.17, 15) is 18.0 Å². The molecule has 1 aromatic carbocycles. The van der Waals surface area contributed by atoms with Gasteiger partial charge in [-0.1, -0.05) is 12.1 Å². The van der Waals surface area contributed by atoms with E-state index < -0.39 is 12.8 Å². The summed E-state index contributed by atoms with van der Waals surface area (Å²) in [4.78, 5) is 14.0. The van der Waals surface area contributed by atoms with E-state index in [0.717, 1.165) is 38.2 Å². The van der Waals surface area contributed by atoms with Gasteiger partial charge in [-0.25, -0.2) is 0 Å². The number of ether oxygens (including phenoxy) is 3. The monoisotopic (exact) mass is 418 g/mol. The number of nitrogens with one attached hydrogen (secondary N) is 1. The summed E-state index contributed by atoms with van der Waals surface area (Å²) >= 11 is 0. The summed E-state index contributed by atoms with van der Waals surface area (Å²) in [7, 11) is 2.09. The van der Waals surface area contributed by atoms with Crippen molar-refractivity contribution in [1.29, 1.82) is 0 Å². The maximum Gasteiger partial charge on any atom is 0.411 e. The molecule has 29 heavy (non-hydrogen) atoms. The van der Waals surface area contributed by atoms with Gasteiger partial charge in [-0.05, 0) is 37.6 Å². The molecule has 1 N–H and O–H groups in total. The fourth-order valence-electron chi connectivity index (χ4n) is 3.00. The summed E-state index contributed by atoms with van der Waals surface area (Å²) in [5.74, 6) is 0.349. The van der Waals surface area contributed by atoms with Crippen LogP contribution < -0.4 is 10.1 Å². The maximum absolute atomic E-state index is 12.0. The van der Waals surface area contributed by atoms with Crippen molar-refractivity contribution in [3.63, 3.8) is 0 Å². The average Bonchev–Trinajstić information content (AvgIpc) is 2.70. The van der Waals surface area contributed by atoms with E-state index in [2.05, 4.69) is 22.0 Å². The number of hydrogen-bond acceptors (Lipinski definition) is 5. The normalized spacial score (nSPS) is 15.5. The summed E-state index contributed by atoms with van der Waals surface area (Å²) in [6.45, 7) is 1.63. The van der Waals surface area contributed by atoms with Gasteiger partial charge in [-0.3, -0.25) is 9.69 Å². The molecule has 0 unspecified atom stereocenters. The fourth-order valence-corrected chi connectivity index (χ4v) is 3.00. The second-order valence-electron chi connectivity index (χ2n) is 7.01. The molecule has 1 amide bonds. The first-order chi connectivity index (χ1) is 13.8. The Balaban J connectivity index is 1.64. The lowest BCUT2D eigenvalue weighted by molar-refractivity contribution is -0.174. The van der Waals surface area contributed by atoms with Gasteiger partial charge < -0.3 is 19.5 Å². The fraction of sp³-hybridized carbons (Fsp3) is 0.650. The van der Waals surface area contributed by atoms with Gasteiger partial charge in [0.1, 0.15) is 19.0 Å². The third-order valence-corrected chi connectivity index (χ3v) is 4.65. The minimum atomic E-state index is -4.38. The topological polar surface area (TPSA) is 60.0 Å². The van der Waals surface area contributed by atoms with Crippen molar-refractivity contribution in [3.8, 4) is 5.75 Å². The molecule has 0 aromatic heterocycles. The van der Waals surface area contributed by atoms with E-state index in [1.165, 1.54) is 0 Å². The van der Waals surface area contributed by atoms with Crippen LogP contribution in [-0.4, -0.2) is 69.7 Å². The molecular formula is C20H29F3N2O4. The zero-order valence-corrected chi connectivity index (χ0v) is 16.7. The Bertz CT molecular complexity index is 622. The minimum absolute atomic E-state index is 0.120. The van der Waals surface area contributed by atoms with Crippen molar-refractivity contribution in [2.45, 2.75) is 38.0 Å². The predicted octanol–water partition coefficient (Wildman–Crippen LogP) is 2.76. The number of benzene rings is 1. The van der Waals surface area contributed by atoms with Crippen molar-refractivity contribution in [1.82, 2.24) is 10.2 Å². The molecule has 164 valence electrons. The Morgan fingerprint density at radius 3 is 2.76 bits per heavy atom. The maximum atomic E-state index is 12.0. The SMILES string of the molecule is CN(CCOc1cccc(CNC(=O)CCOCC(F)(F)F)c1)C1CCOCC1. The van der Waals surface area contributed by atoms with Gasteiger partial charge in [0.2, 0.25) is 5.91 Å². The molecule has 0 spiro atoms. The molecular weight excluding hydrogens is 389 g/mol. The smallest absolute Gasteiger partial charge is 0.411 e. The van der Waals surface area contributed by atoms with Crippen LogP contribution in [0.4, 0.5) is 13.2 Å². The molecule has 0 saturated carbocycles. The van der Waals surface area contributed by atoms with Gasteiger partial charge >= 0.3 is 6.18 Å². The zero-order chi connectivity index (χ0) is 21.1. The number of halogens is 3. The van der Waals surface area contributed by atoms with Crippen molar-refractivity contribution < 1.29 is 32.2 Å². The lowest BCUT2D eigenvalue weighted by Crippen LogP contribution is -2.38. The molecule has 1 aromatic rings. The van der Waals surface area contributed by atoms with E-state index in [1.807, 2.05) is 24.3 Å². The van der Waals surface area contributed by atoms with Crippen LogP contribution in [0.5, 0.6) is 5.75 Å². The molecule has 0 bridgehead atoms. The highest BCUT2D eigenvalue weighted by molar-refractivity contribution is 5.75. The molecule has 1 aliphatic rings. The van der Waals surface area contributed by atoms with Gasteiger partial charge in [0.25, 0.3) is 0 Å². The van der Waals surface area contributed by atoms with Crippen molar-refractivity contribution in [3.05, 3.63) is 29.8 Å². The number of hydrogen-bond donors (Lipinski definition) is 1. The lowest BCUT2D eigenvalue weighted by atomic mass is 10.1. The van der Waals surface area contributed by atoms with Gasteiger partial charge in [0, 0.05) is 38.8 Å². The van der Waals surface area contributed by atoms with Gasteiger partial charge in [0.05, 0.1) is 6.61 Å². The van der Waals surface area contributed by atoms with Crippen LogP contribution in [0.1, 0.15) is 24.8 Å². The van der Waals surface area contributed by atoms with Gasteiger partial charge in [-0.2, -0.15) is 13.2 Å². The number of nitrogens with zero attached hydrogens (tertiary/aromatic N) is 1. The Morgan fingerprint density at radius 1 is 1.28 bits per heavy atom. The zero-order valence-electron chi connectivity index (χ0n) is 16.7. The van der Waals surface area contributed by atoms with Crippen LogP contribution >= 0.6 is 0 Å². The van der Waals surface area contributed by atoms with E-state index in [1.54, 1.807) is 0 Å². The number of rotatable bonds is 11. The van der Waals surface area contributed by atoms with Crippen molar-refractivity contribution in [2.24, 2.45) is 0 Å². The van der Waals surface area contributed by atoms with E-state index in [0.29, 0.717) is 18.4 Å². The quantitative estimate of drug-likeness (QED) is 0.560. The van der Waals surface area contributed by atoms with Crippen LogP contribution in [0, 0.1) is 0 Å². The number of amides is 1. The average molecular weight is 418 g/mol. The molecule has 0 atom stereocenters. The Kier molecular flexibility index (Phi) is 9.69. The predicted molar refractivity (Wildman–Crippen MR) is 102 cm³/mol. The number of carbonyl (C=O) groups is 1. The van der Waals surface area contributed by atoms with Crippen LogP contribution in [0.2, 0.25) is 0 Å². The van der Waals surface area contributed by atoms with Crippen LogP contribution in [0.25, 0.3) is 0 Å². The first-order valence-corrected chi connectivity index (χ1v) is 9.74. The molecule has 1 fully saturated rings. The lowest BCUT2D eigenvalue weighted by Gasteiger charge is -2.31. The standard InChI is InChI=1S/C20H29F3N2O4/c1-25(17-5-9-27-10-6-17)8-12-29-18-4-2-3-16(13-18)14-24-19(26)7-11-28-15-20(21,22)23/h2-4,13,17H,5-12,14-15H2,1H3,(H,24,26). The first kappa shape index (κ1) is 23.4. The highest BCUT2D eigenvalue weighted by Crippen LogP contribution is 2.16. The summed E-state index contributed by atoms with van der Waals surface area (Å²) in [6.07, 6.45) is -2.43. The second-order valence-corrected chi connectivity index (χ2v) is 7.01. The van der Waals surface area contributed by atoms with Gasteiger partial charge in [0.15, 0.2) is 0 Å². The highest BCUT2D eigenvalue weighted by Gasteiger charge is 2.27. The molecule has 1 heterocycles. The Morgan fingerprint density at radius 2 is 2.03 bits per heavy atom. The second kappa shape index (κ2) is 12.0. The number of carbonyl (C=O) groups excluding carboxylic acids is 1. The van der Waals surface area contributed by atoms with E-state index >= 15 is 0 Å². The molecule has 9 heteroatoms. The van der Waals surface area contributed by atoms with E-state index in [-0.39, 0.29) is 25.5 Å². The van der Waals surface area contributed by atoms with Crippen molar-refractivity contribution >= 4 is 5.91 Å². The third-order valence-electron chi connectivity index (χ3n) is 4.65. The molecule has 1 saturated heterocycles. The van der Waals surface area contributed by atoms with Crippen LogP contribution in [0.15, 0.2) is 24.3 Å². The largest absolute Gasteiger partial charge is 0.492 e. The summed E-state index contributed by atoms with van der Waals surface area (Å²) in [5.41, 5.74) is 0.852. The number of likely N-dealkylation sites (N-methyl/N-ethyl adjacent to an activating group) is 1. The molecule has 0 radical (unpaired) electrons. The van der Waals surface area contributed by atoms with Crippen LogP contribution in [-0.2, 0) is 20.8 Å². The summed E-state index contributed by atoms with van der Waals surface area (Å²) < 4.78 is 51.5. The summed E-state index contributed by atoms with van der Waals surface area (Å²) in [5, 5.41) is 2.67. The molecule has 2 rings (SSSR count). The van der Waals surface area contributed by atoms with Gasteiger partial charge in [-0.15, -0.1) is 0 Å². The van der Waals surface area contributed by atoms with Crippen LogP contribution in [0.3, 0.4) is 0 Å². The molecule has 6 nitrogen and oxygen atoms in total. The van der Waals surface area contributed by atoms with Crippen molar-refractivity contribution in [2.75, 3.05) is 46.6 Å². The third kappa shape index (κ3) is 9.96.